The van der Waals surface area contributed by atoms with Gasteiger partial charge in [0, 0.05) is 6.26 Å². The van der Waals surface area contributed by atoms with Crippen LogP contribution in [-0.4, -0.2) is 32.2 Å². The molecule has 5 heteroatoms. The molecule has 1 aromatic carbocycles. The molecule has 0 bridgehead atoms. The van der Waals surface area contributed by atoms with Gasteiger partial charge >= 0.3 is 0 Å². The first-order chi connectivity index (χ1) is 9.08. The summed E-state index contributed by atoms with van der Waals surface area (Å²) in [7, 11) is -3.03. The molecule has 1 atom stereocenters. The van der Waals surface area contributed by atoms with Crippen LogP contribution in [0.4, 0.5) is 0 Å². The third kappa shape index (κ3) is 3.33. The SMILES string of the molecule is Cc1cc2c(cc1C)OC(C)(C)C(NCS(C)(=O)=O)C2. The lowest BCUT2D eigenvalue weighted by Gasteiger charge is -2.40. The second kappa shape index (κ2) is 5.04. The van der Waals surface area contributed by atoms with E-state index in [-0.39, 0.29) is 11.9 Å². The molecule has 2 rings (SSSR count). The van der Waals surface area contributed by atoms with Crippen molar-refractivity contribution in [2.45, 2.75) is 45.8 Å². The van der Waals surface area contributed by atoms with Crippen molar-refractivity contribution in [1.29, 1.82) is 0 Å². The van der Waals surface area contributed by atoms with Crippen LogP contribution in [0.25, 0.3) is 0 Å². The molecule has 0 radical (unpaired) electrons. The Kier molecular flexibility index (Phi) is 3.86. The third-order valence-electron chi connectivity index (χ3n) is 3.90. The van der Waals surface area contributed by atoms with Crippen LogP contribution in [0.5, 0.6) is 5.75 Å². The zero-order valence-corrected chi connectivity index (χ0v) is 13.6. The Labute approximate surface area is 121 Å². The molecule has 0 saturated carbocycles. The molecule has 0 amide bonds. The Hall–Kier alpha value is -1.07. The first-order valence-corrected chi connectivity index (χ1v) is 8.85. The number of sulfone groups is 1. The average Bonchev–Trinajstić information content (AvgIpc) is 2.27. The molecule has 0 saturated heterocycles. The van der Waals surface area contributed by atoms with Gasteiger partial charge in [-0.05, 0) is 56.9 Å². The monoisotopic (exact) mass is 297 g/mol. The van der Waals surface area contributed by atoms with Crippen molar-refractivity contribution in [3.05, 3.63) is 28.8 Å². The first-order valence-electron chi connectivity index (χ1n) is 6.79. The van der Waals surface area contributed by atoms with E-state index in [9.17, 15) is 8.42 Å². The van der Waals surface area contributed by atoms with Gasteiger partial charge in [-0.3, -0.25) is 5.32 Å². The highest BCUT2D eigenvalue weighted by Crippen LogP contribution is 2.35. The first kappa shape index (κ1) is 15.3. The summed E-state index contributed by atoms with van der Waals surface area (Å²) in [5, 5.41) is 3.11. The van der Waals surface area contributed by atoms with Crippen molar-refractivity contribution in [3.63, 3.8) is 0 Å². The molecule has 1 unspecified atom stereocenters. The molecule has 1 N–H and O–H groups in total. The van der Waals surface area contributed by atoms with Gasteiger partial charge in [0.2, 0.25) is 0 Å². The highest BCUT2D eigenvalue weighted by atomic mass is 32.2. The van der Waals surface area contributed by atoms with Crippen molar-refractivity contribution < 1.29 is 13.2 Å². The molecule has 1 aromatic rings. The summed E-state index contributed by atoms with van der Waals surface area (Å²) in [6, 6.07) is 4.18. The highest BCUT2D eigenvalue weighted by molar-refractivity contribution is 7.90. The summed E-state index contributed by atoms with van der Waals surface area (Å²) >= 11 is 0. The number of fused-ring (bicyclic) bond motifs is 1. The molecule has 112 valence electrons. The lowest BCUT2D eigenvalue weighted by Crippen LogP contribution is -2.55. The van der Waals surface area contributed by atoms with Gasteiger partial charge < -0.3 is 4.74 Å². The van der Waals surface area contributed by atoms with Crippen LogP contribution in [0.2, 0.25) is 0 Å². The fourth-order valence-electron chi connectivity index (χ4n) is 2.49. The predicted octanol–water partition coefficient (Wildman–Crippen LogP) is 1.98. The summed E-state index contributed by atoms with van der Waals surface area (Å²) in [5.41, 5.74) is 3.15. The molecule has 1 aliphatic heterocycles. The average molecular weight is 297 g/mol. The zero-order chi connectivity index (χ0) is 15.1. The largest absolute Gasteiger partial charge is 0.486 e. The molecule has 4 nitrogen and oxygen atoms in total. The topological polar surface area (TPSA) is 55.4 Å². The second-order valence-electron chi connectivity index (χ2n) is 6.28. The Balaban J connectivity index is 2.26. The quantitative estimate of drug-likeness (QED) is 0.927. The number of hydrogen-bond acceptors (Lipinski definition) is 4. The van der Waals surface area contributed by atoms with E-state index < -0.39 is 15.4 Å². The summed E-state index contributed by atoms with van der Waals surface area (Å²) in [5.74, 6) is 0.889. The molecule has 1 aliphatic rings. The summed E-state index contributed by atoms with van der Waals surface area (Å²) in [6.07, 6.45) is 2.01. The van der Waals surface area contributed by atoms with Crippen LogP contribution in [0.1, 0.15) is 30.5 Å². The maximum Gasteiger partial charge on any atom is 0.160 e. The molecule has 0 spiro atoms. The Bertz CT molecular complexity index is 620. The van der Waals surface area contributed by atoms with E-state index in [0.717, 1.165) is 17.7 Å². The van der Waals surface area contributed by atoms with Gasteiger partial charge in [0.05, 0.1) is 11.9 Å². The number of benzene rings is 1. The van der Waals surface area contributed by atoms with Crippen LogP contribution < -0.4 is 10.1 Å². The van der Waals surface area contributed by atoms with Gasteiger partial charge in [-0.1, -0.05) is 6.07 Å². The second-order valence-corrected chi connectivity index (χ2v) is 8.42. The molecule has 20 heavy (non-hydrogen) atoms. The third-order valence-corrected chi connectivity index (χ3v) is 4.60. The van der Waals surface area contributed by atoms with Crippen molar-refractivity contribution in [2.75, 3.05) is 12.1 Å². The fraction of sp³-hybridized carbons (Fsp3) is 0.600. The minimum Gasteiger partial charge on any atom is -0.486 e. The van der Waals surface area contributed by atoms with Crippen LogP contribution in [0.3, 0.4) is 0 Å². The van der Waals surface area contributed by atoms with Crippen LogP contribution in [-0.2, 0) is 16.3 Å². The number of rotatable bonds is 3. The van der Waals surface area contributed by atoms with Crippen LogP contribution in [0, 0.1) is 13.8 Å². The van der Waals surface area contributed by atoms with Gasteiger partial charge in [-0.25, -0.2) is 8.42 Å². The van der Waals surface area contributed by atoms with Crippen molar-refractivity contribution in [1.82, 2.24) is 5.32 Å². The van der Waals surface area contributed by atoms with Gasteiger partial charge in [0.1, 0.15) is 11.4 Å². The number of ether oxygens (including phenoxy) is 1. The van der Waals surface area contributed by atoms with Gasteiger partial charge in [-0.2, -0.15) is 0 Å². The van der Waals surface area contributed by atoms with Crippen molar-refractivity contribution >= 4 is 9.84 Å². The lowest BCUT2D eigenvalue weighted by atomic mass is 9.87. The maximum absolute atomic E-state index is 11.3. The minimum absolute atomic E-state index is 0.0215. The van der Waals surface area contributed by atoms with E-state index in [1.54, 1.807) is 0 Å². The molecule has 0 aliphatic carbocycles. The van der Waals surface area contributed by atoms with E-state index >= 15 is 0 Å². The Morgan fingerprint density at radius 2 is 1.90 bits per heavy atom. The van der Waals surface area contributed by atoms with E-state index in [0.29, 0.717) is 0 Å². The zero-order valence-electron chi connectivity index (χ0n) is 12.8. The highest BCUT2D eigenvalue weighted by Gasteiger charge is 2.37. The number of hydrogen-bond donors (Lipinski definition) is 1. The lowest BCUT2D eigenvalue weighted by molar-refractivity contribution is 0.0506. The number of nitrogens with one attached hydrogen (secondary N) is 1. The van der Waals surface area contributed by atoms with E-state index in [2.05, 4.69) is 31.3 Å². The normalized spacial score (nSPS) is 21.1. The smallest absolute Gasteiger partial charge is 0.160 e. The molecule has 1 heterocycles. The Morgan fingerprint density at radius 1 is 1.30 bits per heavy atom. The van der Waals surface area contributed by atoms with Crippen molar-refractivity contribution in [3.8, 4) is 5.75 Å². The fourth-order valence-corrected chi connectivity index (χ4v) is 3.00. The Morgan fingerprint density at radius 3 is 2.50 bits per heavy atom. The van der Waals surface area contributed by atoms with Gasteiger partial charge in [0.15, 0.2) is 9.84 Å². The van der Waals surface area contributed by atoms with E-state index in [4.69, 9.17) is 4.74 Å². The standard InChI is InChI=1S/C15H23NO3S/c1-10-6-12-8-14(16-9-20(5,17)18)15(3,4)19-13(12)7-11(10)2/h6-7,14,16H,8-9H2,1-5H3. The summed E-state index contributed by atoms with van der Waals surface area (Å²) < 4.78 is 28.7. The molecular formula is C15H23NO3S. The van der Waals surface area contributed by atoms with E-state index in [1.807, 2.05) is 13.8 Å². The van der Waals surface area contributed by atoms with Crippen molar-refractivity contribution in [2.24, 2.45) is 0 Å². The number of aryl methyl sites for hydroxylation is 2. The van der Waals surface area contributed by atoms with Crippen LogP contribution in [0.15, 0.2) is 12.1 Å². The van der Waals surface area contributed by atoms with Gasteiger partial charge in [-0.15, -0.1) is 0 Å². The molecular weight excluding hydrogens is 274 g/mol. The minimum atomic E-state index is -3.03. The molecule has 0 aromatic heterocycles. The van der Waals surface area contributed by atoms with E-state index in [1.165, 1.54) is 17.4 Å². The van der Waals surface area contributed by atoms with Crippen LogP contribution >= 0.6 is 0 Å². The summed E-state index contributed by atoms with van der Waals surface area (Å²) in [6.45, 7) is 8.13. The summed E-state index contributed by atoms with van der Waals surface area (Å²) in [4.78, 5) is 0. The molecule has 0 fully saturated rings. The predicted molar refractivity (Wildman–Crippen MR) is 81.0 cm³/mol. The van der Waals surface area contributed by atoms with Gasteiger partial charge in [0.25, 0.3) is 0 Å². The maximum atomic E-state index is 11.3.